The number of carboxylic acids is 1. The molecule has 4 rings (SSSR count). The Morgan fingerprint density at radius 2 is 1.62 bits per heavy atom. The Hall–Kier alpha value is -4.50. The number of halogens is 1. The van der Waals surface area contributed by atoms with Gasteiger partial charge in [0.1, 0.15) is 17.8 Å². The van der Waals surface area contributed by atoms with Crippen molar-refractivity contribution in [1.82, 2.24) is 10.5 Å². The quantitative estimate of drug-likeness (QED) is 0.259. The summed E-state index contributed by atoms with van der Waals surface area (Å²) in [6, 6.07) is 24.6. The molecule has 190 valence electrons. The lowest BCUT2D eigenvalue weighted by atomic mass is 10.1. The molecule has 2 atom stereocenters. The smallest absolute Gasteiger partial charge is 0.412 e. The van der Waals surface area contributed by atoms with Crippen molar-refractivity contribution in [3.8, 4) is 11.3 Å². The van der Waals surface area contributed by atoms with Crippen LogP contribution in [0.1, 0.15) is 29.7 Å². The second-order valence-corrected chi connectivity index (χ2v) is 8.42. The molecule has 37 heavy (non-hydrogen) atoms. The zero-order valence-electron chi connectivity index (χ0n) is 20.1. The topological polar surface area (TPSA) is 114 Å². The molecule has 8 nitrogen and oxygen atoms in total. The Morgan fingerprint density at radius 1 is 0.973 bits per heavy atom. The van der Waals surface area contributed by atoms with E-state index in [1.807, 2.05) is 60.7 Å². The molecule has 3 N–H and O–H groups in total. The van der Waals surface area contributed by atoms with Gasteiger partial charge in [-0.2, -0.15) is 4.39 Å². The number of carboxylic acid groups (broad SMARTS) is 1. The van der Waals surface area contributed by atoms with E-state index in [0.29, 0.717) is 18.5 Å². The van der Waals surface area contributed by atoms with Gasteiger partial charge in [0, 0.05) is 12.1 Å². The summed E-state index contributed by atoms with van der Waals surface area (Å²) in [6.07, 6.45) is -1.05. The molecular weight excluding hydrogens is 477 g/mol. The van der Waals surface area contributed by atoms with E-state index in [9.17, 15) is 19.1 Å². The van der Waals surface area contributed by atoms with Gasteiger partial charge in [-0.05, 0) is 35.2 Å². The maximum absolute atomic E-state index is 14.3. The fourth-order valence-corrected chi connectivity index (χ4v) is 3.77. The minimum Gasteiger partial charge on any atom is -0.480 e. The normalized spacial score (nSPS) is 12.5. The first-order valence-corrected chi connectivity index (χ1v) is 11.7. The summed E-state index contributed by atoms with van der Waals surface area (Å²) in [7, 11) is 0. The Kier molecular flexibility index (Phi) is 8.27. The van der Waals surface area contributed by atoms with Crippen LogP contribution in [0.4, 0.5) is 14.9 Å². The van der Waals surface area contributed by atoms with Crippen LogP contribution in [0.3, 0.4) is 0 Å². The van der Waals surface area contributed by atoms with Gasteiger partial charge in [-0.1, -0.05) is 84.9 Å². The Bertz CT molecular complexity index is 1330. The van der Waals surface area contributed by atoms with Gasteiger partial charge in [0.15, 0.2) is 5.76 Å². The highest BCUT2D eigenvalue weighted by atomic mass is 19.1. The molecule has 0 spiro atoms. The van der Waals surface area contributed by atoms with Crippen LogP contribution >= 0.6 is 0 Å². The zero-order chi connectivity index (χ0) is 26.2. The van der Waals surface area contributed by atoms with Gasteiger partial charge in [-0.15, -0.1) is 0 Å². The summed E-state index contributed by atoms with van der Waals surface area (Å²) in [4.78, 5) is 24.1. The number of anilines is 1. The number of aromatic nitrogens is 1. The number of benzene rings is 3. The van der Waals surface area contributed by atoms with Crippen LogP contribution in [0, 0.1) is 5.95 Å². The average Bonchev–Trinajstić information content (AvgIpc) is 3.27. The van der Waals surface area contributed by atoms with E-state index in [0.717, 1.165) is 16.7 Å². The van der Waals surface area contributed by atoms with Crippen LogP contribution in [0.25, 0.3) is 11.3 Å². The number of carbonyl (C=O) groups excluding carboxylic acids is 1. The minimum absolute atomic E-state index is 0.0359. The van der Waals surface area contributed by atoms with E-state index in [-0.39, 0.29) is 11.4 Å². The largest absolute Gasteiger partial charge is 0.480 e. The van der Waals surface area contributed by atoms with E-state index in [4.69, 9.17) is 9.26 Å². The lowest BCUT2D eigenvalue weighted by Crippen LogP contribution is -2.38. The van der Waals surface area contributed by atoms with Crippen LogP contribution in [0.5, 0.6) is 0 Å². The van der Waals surface area contributed by atoms with Crippen molar-refractivity contribution in [2.75, 3.05) is 5.32 Å². The summed E-state index contributed by atoms with van der Waals surface area (Å²) in [5.41, 5.74) is 2.77. The van der Waals surface area contributed by atoms with E-state index in [1.54, 1.807) is 31.2 Å². The molecule has 0 saturated carbocycles. The molecule has 9 heteroatoms. The van der Waals surface area contributed by atoms with Gasteiger partial charge in [0.05, 0.1) is 0 Å². The van der Waals surface area contributed by atoms with E-state index in [2.05, 4.69) is 15.8 Å². The standard InChI is InChI=1S/C28H26FN3O5/c1-18(21-10-6-3-7-11-21)36-28(35)31-24-25(37-32-26(24)29)22-14-12-20(13-15-22)17-30-23(27(33)34)16-19-8-4-2-5-9-19/h2-15,18,23,30H,16-17H2,1H3,(H,31,35)(H,33,34). The highest BCUT2D eigenvalue weighted by Crippen LogP contribution is 2.31. The molecule has 1 amide bonds. The number of rotatable bonds is 10. The van der Waals surface area contributed by atoms with Crippen molar-refractivity contribution >= 4 is 17.7 Å². The third kappa shape index (κ3) is 6.80. The molecule has 0 aliphatic heterocycles. The zero-order valence-corrected chi connectivity index (χ0v) is 20.1. The molecule has 0 aliphatic carbocycles. The molecular formula is C28H26FN3O5. The van der Waals surface area contributed by atoms with E-state index in [1.165, 1.54) is 0 Å². The molecule has 0 radical (unpaired) electrons. The minimum atomic E-state index is -0.977. The van der Waals surface area contributed by atoms with Crippen LogP contribution in [0.2, 0.25) is 0 Å². The fourth-order valence-electron chi connectivity index (χ4n) is 3.77. The van der Waals surface area contributed by atoms with Gasteiger partial charge in [0.2, 0.25) is 0 Å². The second kappa shape index (κ2) is 12.0. The third-order valence-electron chi connectivity index (χ3n) is 5.78. The molecule has 0 aliphatic rings. The number of ether oxygens (including phenoxy) is 1. The first-order valence-electron chi connectivity index (χ1n) is 11.7. The maximum Gasteiger partial charge on any atom is 0.412 e. The fraction of sp³-hybridized carbons (Fsp3) is 0.179. The summed E-state index contributed by atoms with van der Waals surface area (Å²) in [5, 5.41) is 18.3. The number of nitrogens with one attached hydrogen (secondary N) is 2. The van der Waals surface area contributed by atoms with Crippen molar-refractivity contribution in [1.29, 1.82) is 0 Å². The van der Waals surface area contributed by atoms with Crippen molar-refractivity contribution in [2.24, 2.45) is 0 Å². The van der Waals surface area contributed by atoms with E-state index < -0.39 is 30.2 Å². The number of carbonyl (C=O) groups is 2. The van der Waals surface area contributed by atoms with Crippen LogP contribution in [-0.2, 0) is 22.5 Å². The predicted octanol–water partition coefficient (Wildman–Crippen LogP) is 5.58. The molecule has 0 fully saturated rings. The van der Waals surface area contributed by atoms with Crippen LogP contribution < -0.4 is 10.6 Å². The Labute approximate surface area is 213 Å². The van der Waals surface area contributed by atoms with Gasteiger partial charge in [0.25, 0.3) is 5.95 Å². The third-order valence-corrected chi connectivity index (χ3v) is 5.78. The highest BCUT2D eigenvalue weighted by molar-refractivity contribution is 5.89. The van der Waals surface area contributed by atoms with Crippen LogP contribution in [-0.4, -0.2) is 28.4 Å². The Balaban J connectivity index is 1.39. The molecule has 1 aromatic heterocycles. The summed E-state index contributed by atoms with van der Waals surface area (Å²) in [6.45, 7) is 2.02. The van der Waals surface area contributed by atoms with Crippen molar-refractivity contribution in [3.05, 3.63) is 108 Å². The number of nitrogens with zero attached hydrogens (tertiary/aromatic N) is 1. The van der Waals surface area contributed by atoms with Gasteiger partial charge in [-0.3, -0.25) is 10.1 Å². The summed E-state index contributed by atoms with van der Waals surface area (Å²) < 4.78 is 24.8. The molecule has 2 unspecified atom stereocenters. The van der Waals surface area contributed by atoms with Crippen molar-refractivity contribution in [3.63, 3.8) is 0 Å². The monoisotopic (exact) mass is 503 g/mol. The molecule has 4 aromatic rings. The van der Waals surface area contributed by atoms with Gasteiger partial charge in [-0.25, -0.2) is 4.79 Å². The number of hydrogen-bond donors (Lipinski definition) is 3. The summed E-state index contributed by atoms with van der Waals surface area (Å²) >= 11 is 0. The lowest BCUT2D eigenvalue weighted by molar-refractivity contribution is -0.139. The SMILES string of the molecule is CC(OC(=O)Nc1c(F)noc1-c1ccc(CNC(Cc2ccccc2)C(=O)O)cc1)c1ccccc1. The molecule has 1 heterocycles. The first kappa shape index (κ1) is 25.6. The second-order valence-electron chi connectivity index (χ2n) is 8.42. The molecule has 0 saturated heterocycles. The number of amides is 1. The summed E-state index contributed by atoms with van der Waals surface area (Å²) in [5.74, 6) is -1.88. The highest BCUT2D eigenvalue weighted by Gasteiger charge is 2.22. The average molecular weight is 504 g/mol. The van der Waals surface area contributed by atoms with Crippen molar-refractivity contribution in [2.45, 2.75) is 32.0 Å². The lowest BCUT2D eigenvalue weighted by Gasteiger charge is -2.15. The van der Waals surface area contributed by atoms with Crippen molar-refractivity contribution < 1.29 is 28.3 Å². The molecule has 0 bridgehead atoms. The van der Waals surface area contributed by atoms with Gasteiger partial charge >= 0.3 is 12.1 Å². The molecule has 3 aromatic carbocycles. The first-order chi connectivity index (χ1) is 17.9. The van der Waals surface area contributed by atoms with Gasteiger partial charge < -0.3 is 19.7 Å². The number of hydrogen-bond acceptors (Lipinski definition) is 6. The predicted molar refractivity (Wildman–Crippen MR) is 135 cm³/mol. The number of aliphatic carboxylic acids is 1. The Morgan fingerprint density at radius 3 is 2.27 bits per heavy atom. The van der Waals surface area contributed by atoms with E-state index >= 15 is 0 Å². The maximum atomic E-state index is 14.3. The van der Waals surface area contributed by atoms with Crippen LogP contribution in [0.15, 0.2) is 89.5 Å².